The monoisotopic (exact) mass is 523 g/mol. The van der Waals surface area contributed by atoms with Gasteiger partial charge in [-0.2, -0.15) is 0 Å². The number of carbonyl (C=O) groups is 3. The minimum absolute atomic E-state index is 0.0748. The van der Waals surface area contributed by atoms with Crippen LogP contribution in [-0.2, 0) is 20.9 Å². The van der Waals surface area contributed by atoms with Crippen LogP contribution in [0.1, 0.15) is 60.5 Å². The van der Waals surface area contributed by atoms with Gasteiger partial charge in [0.15, 0.2) is 0 Å². The second-order valence-electron chi connectivity index (χ2n) is 9.51. The molecule has 0 spiro atoms. The van der Waals surface area contributed by atoms with Crippen LogP contribution in [0.5, 0.6) is 0 Å². The standard InChI is InChI=1S/C29H34ClN3O4/c1-3-37-29(36)27-20(2)33(26(34)18-25(27)22-10-12-24(30)13-11-22)19-21-6-8-23(9-7-21)28(35)31-14-17-32-15-4-5-16-32/h6-13,25H,3-5,14-19H2,1-2H3,(H,31,35). The summed E-state index contributed by atoms with van der Waals surface area (Å²) in [4.78, 5) is 42.7. The lowest BCUT2D eigenvalue weighted by Crippen LogP contribution is -2.38. The molecule has 2 heterocycles. The van der Waals surface area contributed by atoms with Crippen molar-refractivity contribution in [2.75, 3.05) is 32.8 Å². The Balaban J connectivity index is 1.47. The number of hydrogen-bond acceptors (Lipinski definition) is 5. The van der Waals surface area contributed by atoms with Crippen molar-refractivity contribution >= 4 is 29.4 Å². The van der Waals surface area contributed by atoms with E-state index >= 15 is 0 Å². The van der Waals surface area contributed by atoms with E-state index in [9.17, 15) is 14.4 Å². The highest BCUT2D eigenvalue weighted by Crippen LogP contribution is 2.38. The van der Waals surface area contributed by atoms with E-state index in [1.165, 1.54) is 12.8 Å². The number of benzene rings is 2. The molecule has 2 aromatic rings. The fraction of sp³-hybridized carbons (Fsp3) is 0.414. The second kappa shape index (κ2) is 12.4. The number of halogens is 1. The number of rotatable bonds is 9. The van der Waals surface area contributed by atoms with Crippen LogP contribution in [0.2, 0.25) is 5.02 Å². The maximum atomic E-state index is 13.2. The van der Waals surface area contributed by atoms with Crippen molar-refractivity contribution in [3.05, 3.63) is 81.5 Å². The molecule has 2 aliphatic rings. The largest absolute Gasteiger partial charge is 0.463 e. The van der Waals surface area contributed by atoms with Crippen molar-refractivity contribution in [1.82, 2.24) is 15.1 Å². The molecule has 0 aromatic heterocycles. The van der Waals surface area contributed by atoms with Crippen LogP contribution in [-0.4, -0.2) is 60.4 Å². The van der Waals surface area contributed by atoms with Crippen molar-refractivity contribution in [1.29, 1.82) is 0 Å². The Hall–Kier alpha value is -3.16. The average molecular weight is 524 g/mol. The van der Waals surface area contributed by atoms with Crippen LogP contribution in [0.15, 0.2) is 59.8 Å². The van der Waals surface area contributed by atoms with E-state index in [4.69, 9.17) is 16.3 Å². The summed E-state index contributed by atoms with van der Waals surface area (Å²) in [6.45, 7) is 7.80. The normalized spacial score (nSPS) is 18.3. The first-order chi connectivity index (χ1) is 17.9. The second-order valence-corrected chi connectivity index (χ2v) is 9.95. The van der Waals surface area contributed by atoms with Crippen molar-refractivity contribution in [3.8, 4) is 0 Å². The molecule has 0 aliphatic carbocycles. The number of likely N-dealkylation sites (tertiary alicyclic amines) is 1. The summed E-state index contributed by atoms with van der Waals surface area (Å²) in [7, 11) is 0. The Morgan fingerprint density at radius 2 is 1.73 bits per heavy atom. The smallest absolute Gasteiger partial charge is 0.336 e. The molecule has 7 nitrogen and oxygen atoms in total. The number of nitrogens with zero attached hydrogens (tertiary/aromatic N) is 2. The quantitative estimate of drug-likeness (QED) is 0.489. The molecule has 4 rings (SSSR count). The molecule has 0 bridgehead atoms. The summed E-state index contributed by atoms with van der Waals surface area (Å²) >= 11 is 6.05. The summed E-state index contributed by atoms with van der Waals surface area (Å²) < 4.78 is 5.36. The van der Waals surface area contributed by atoms with E-state index in [0.29, 0.717) is 34.9 Å². The van der Waals surface area contributed by atoms with E-state index in [-0.39, 0.29) is 24.8 Å². The fourth-order valence-corrected chi connectivity index (χ4v) is 5.16. The van der Waals surface area contributed by atoms with E-state index in [1.807, 2.05) is 24.3 Å². The number of hydrogen-bond donors (Lipinski definition) is 1. The zero-order valence-electron chi connectivity index (χ0n) is 21.5. The molecule has 1 atom stereocenters. The number of nitrogens with one attached hydrogen (secondary N) is 1. The summed E-state index contributed by atoms with van der Waals surface area (Å²) in [5, 5.41) is 3.57. The minimum atomic E-state index is -0.418. The van der Waals surface area contributed by atoms with Gasteiger partial charge in [-0.15, -0.1) is 0 Å². The van der Waals surface area contributed by atoms with Crippen molar-refractivity contribution in [2.45, 2.75) is 45.6 Å². The van der Waals surface area contributed by atoms with Gasteiger partial charge >= 0.3 is 5.97 Å². The van der Waals surface area contributed by atoms with Crippen LogP contribution in [0, 0.1) is 0 Å². The summed E-state index contributed by atoms with van der Waals surface area (Å²) in [5.74, 6) is -0.995. The molecule has 1 N–H and O–H groups in total. The third-order valence-corrected chi connectivity index (χ3v) is 7.31. The Bertz CT molecular complexity index is 1150. The van der Waals surface area contributed by atoms with Crippen LogP contribution in [0.4, 0.5) is 0 Å². The molecular formula is C29H34ClN3O4. The molecule has 1 fully saturated rings. The number of ether oxygens (including phenoxy) is 1. The highest BCUT2D eigenvalue weighted by atomic mass is 35.5. The number of allylic oxidation sites excluding steroid dienone is 1. The van der Waals surface area contributed by atoms with Gasteiger partial charge in [-0.05, 0) is 75.2 Å². The van der Waals surface area contributed by atoms with Gasteiger partial charge in [0.1, 0.15) is 0 Å². The van der Waals surface area contributed by atoms with Crippen LogP contribution < -0.4 is 5.32 Å². The van der Waals surface area contributed by atoms with Gasteiger partial charge < -0.3 is 19.9 Å². The van der Waals surface area contributed by atoms with Crippen LogP contribution in [0.3, 0.4) is 0 Å². The first-order valence-corrected chi connectivity index (χ1v) is 13.3. The molecular weight excluding hydrogens is 490 g/mol. The third-order valence-electron chi connectivity index (χ3n) is 7.06. The molecule has 2 aliphatic heterocycles. The Morgan fingerprint density at radius 3 is 2.38 bits per heavy atom. The van der Waals surface area contributed by atoms with E-state index < -0.39 is 11.9 Å². The molecule has 2 aromatic carbocycles. The zero-order chi connectivity index (χ0) is 26.4. The van der Waals surface area contributed by atoms with Gasteiger partial charge in [0.2, 0.25) is 5.91 Å². The Labute approximate surface area is 223 Å². The predicted molar refractivity (Wildman–Crippen MR) is 143 cm³/mol. The minimum Gasteiger partial charge on any atom is -0.463 e. The van der Waals surface area contributed by atoms with Crippen molar-refractivity contribution in [3.63, 3.8) is 0 Å². The molecule has 2 amide bonds. The van der Waals surface area contributed by atoms with E-state index in [1.54, 1.807) is 43.0 Å². The number of esters is 1. The molecule has 0 saturated carbocycles. The summed E-state index contributed by atoms with van der Waals surface area (Å²) in [5.41, 5.74) is 3.36. The Morgan fingerprint density at radius 1 is 1.05 bits per heavy atom. The van der Waals surface area contributed by atoms with Gasteiger partial charge in [0.05, 0.1) is 18.7 Å². The molecule has 196 valence electrons. The Kier molecular flexibility index (Phi) is 9.00. The van der Waals surface area contributed by atoms with Gasteiger partial charge in [0.25, 0.3) is 5.91 Å². The highest BCUT2D eigenvalue weighted by Gasteiger charge is 2.36. The van der Waals surface area contributed by atoms with Crippen molar-refractivity contribution in [2.24, 2.45) is 0 Å². The first-order valence-electron chi connectivity index (χ1n) is 12.9. The van der Waals surface area contributed by atoms with Gasteiger partial charge in [-0.3, -0.25) is 9.59 Å². The van der Waals surface area contributed by atoms with Crippen molar-refractivity contribution < 1.29 is 19.1 Å². The fourth-order valence-electron chi connectivity index (χ4n) is 5.04. The van der Waals surface area contributed by atoms with Gasteiger partial charge in [-0.1, -0.05) is 35.9 Å². The molecule has 1 saturated heterocycles. The lowest BCUT2D eigenvalue weighted by Gasteiger charge is -2.34. The highest BCUT2D eigenvalue weighted by molar-refractivity contribution is 6.30. The van der Waals surface area contributed by atoms with E-state index in [0.717, 1.165) is 30.8 Å². The van der Waals surface area contributed by atoms with E-state index in [2.05, 4.69) is 10.2 Å². The number of carbonyl (C=O) groups excluding carboxylic acids is 3. The summed E-state index contributed by atoms with van der Waals surface area (Å²) in [6.07, 6.45) is 2.62. The lowest BCUT2D eigenvalue weighted by atomic mass is 9.83. The van der Waals surface area contributed by atoms with Crippen LogP contribution >= 0.6 is 11.6 Å². The topological polar surface area (TPSA) is 79.0 Å². The lowest BCUT2D eigenvalue weighted by molar-refractivity contribution is -0.140. The number of amides is 2. The van der Waals surface area contributed by atoms with Gasteiger partial charge in [0, 0.05) is 41.7 Å². The first kappa shape index (κ1) is 26.9. The summed E-state index contributed by atoms with van der Waals surface area (Å²) in [6, 6.07) is 14.5. The molecule has 0 radical (unpaired) electrons. The predicted octanol–water partition coefficient (Wildman–Crippen LogP) is 4.52. The SMILES string of the molecule is CCOC(=O)C1=C(C)N(Cc2ccc(C(=O)NCCN3CCCC3)cc2)C(=O)CC1c1ccc(Cl)cc1. The molecule has 37 heavy (non-hydrogen) atoms. The van der Waals surface area contributed by atoms with Gasteiger partial charge in [-0.25, -0.2) is 4.79 Å². The third kappa shape index (κ3) is 6.59. The zero-order valence-corrected chi connectivity index (χ0v) is 22.2. The maximum absolute atomic E-state index is 13.2. The molecule has 1 unspecified atom stereocenters. The molecule has 8 heteroatoms. The average Bonchev–Trinajstić information content (AvgIpc) is 3.40. The van der Waals surface area contributed by atoms with Crippen LogP contribution in [0.25, 0.3) is 0 Å². The maximum Gasteiger partial charge on any atom is 0.336 e.